The minimum atomic E-state index is 0. The fourth-order valence-corrected chi connectivity index (χ4v) is 0. The molecule has 0 saturated carbocycles. The second kappa shape index (κ2) is 18.7. The fraction of sp³-hybridized carbons (Fsp3) is 1.00. The van der Waals surface area contributed by atoms with Crippen LogP contribution >= 0.6 is 0 Å². The second-order valence-corrected chi connectivity index (χ2v) is 0. The topological polar surface area (TPSA) is 0 Å². The number of hydrogen-bond donors (Lipinski definition) is 0. The Labute approximate surface area is 74.4 Å². The molecule has 0 aliphatic carbocycles. The molecule has 0 heterocycles. The molecule has 4 heavy (non-hydrogen) atoms. The molecule has 0 amide bonds. The van der Waals surface area contributed by atoms with Crippen molar-refractivity contribution in [1.29, 1.82) is 0 Å². The molecule has 0 unspecified atom stereocenters. The van der Waals surface area contributed by atoms with Crippen molar-refractivity contribution in [2.24, 2.45) is 0 Å². The monoisotopic (exact) mass is 478 g/mol. The van der Waals surface area contributed by atoms with Gasteiger partial charge in [-0.1, -0.05) is 7.43 Å². The van der Waals surface area contributed by atoms with E-state index in [9.17, 15) is 0 Å². The van der Waals surface area contributed by atoms with Crippen LogP contribution in [0.4, 0.5) is 0 Å². The van der Waals surface area contributed by atoms with Gasteiger partial charge in [0.05, 0.1) is 0 Å². The molecular formula is CH4HfMoW. The third-order valence-electron chi connectivity index (χ3n) is 0. The third kappa shape index (κ3) is 8.87. The first-order chi connectivity index (χ1) is 0. The van der Waals surface area contributed by atoms with Gasteiger partial charge in [0.15, 0.2) is 0 Å². The standard InChI is InChI=1S/CH4.Hf.Mo.W/h1H4;;;. The van der Waals surface area contributed by atoms with Gasteiger partial charge in [-0.3, -0.25) is 0 Å². The summed E-state index contributed by atoms with van der Waals surface area (Å²) < 4.78 is 0. The summed E-state index contributed by atoms with van der Waals surface area (Å²) in [5.74, 6) is 0. The van der Waals surface area contributed by atoms with Crippen LogP contribution in [0.3, 0.4) is 0 Å². The summed E-state index contributed by atoms with van der Waals surface area (Å²) in [7, 11) is 0. The van der Waals surface area contributed by atoms with Crippen LogP contribution in [0.5, 0.6) is 0 Å². The Morgan fingerprint density at radius 1 is 1.00 bits per heavy atom. The number of rotatable bonds is 0. The average molecular weight is 474 g/mol. The Balaban J connectivity index is 0. The van der Waals surface area contributed by atoms with Gasteiger partial charge in [0.2, 0.25) is 0 Å². The van der Waals surface area contributed by atoms with Gasteiger partial charge >= 0.3 is 0 Å². The van der Waals surface area contributed by atoms with E-state index >= 15 is 0 Å². The van der Waals surface area contributed by atoms with E-state index in [1.54, 1.807) is 0 Å². The normalized spacial score (nSPS) is 0. The molecule has 0 aromatic rings. The Morgan fingerprint density at radius 3 is 1.00 bits per heavy atom. The van der Waals surface area contributed by atoms with Gasteiger partial charge in [0.1, 0.15) is 0 Å². The molecule has 0 aromatic carbocycles. The van der Waals surface area contributed by atoms with Crippen LogP contribution in [0.15, 0.2) is 0 Å². The van der Waals surface area contributed by atoms with E-state index in [0.29, 0.717) is 0 Å². The van der Waals surface area contributed by atoms with Gasteiger partial charge in [-0.15, -0.1) is 0 Å². The molecule has 3 heteroatoms. The van der Waals surface area contributed by atoms with Gasteiger partial charge < -0.3 is 0 Å². The van der Waals surface area contributed by atoms with Crippen LogP contribution in [0, 0.1) is 0 Å². The molecule has 0 bridgehead atoms. The van der Waals surface area contributed by atoms with E-state index in [0.717, 1.165) is 0 Å². The first-order valence-corrected chi connectivity index (χ1v) is 0. The molecule has 0 atom stereocenters. The minimum absolute atomic E-state index is 0. The van der Waals surface area contributed by atoms with Gasteiger partial charge in [-0.25, -0.2) is 0 Å². The predicted molar refractivity (Wildman–Crippen MR) is 6.73 cm³/mol. The van der Waals surface area contributed by atoms with E-state index in [-0.39, 0.29) is 75.4 Å². The zero-order valence-electron chi connectivity index (χ0n) is 1.32. The van der Waals surface area contributed by atoms with Gasteiger partial charge in [0.25, 0.3) is 0 Å². The van der Waals surface area contributed by atoms with Gasteiger partial charge in [-0.05, 0) is 0 Å². The maximum atomic E-state index is 0. The summed E-state index contributed by atoms with van der Waals surface area (Å²) in [5.41, 5.74) is 0. The Morgan fingerprint density at radius 2 is 1.00 bits per heavy atom. The van der Waals surface area contributed by atoms with Crippen molar-refractivity contribution in [2.75, 3.05) is 0 Å². The van der Waals surface area contributed by atoms with Crippen molar-refractivity contribution >= 4 is 0 Å². The van der Waals surface area contributed by atoms with Crippen molar-refractivity contribution in [3.8, 4) is 0 Å². The van der Waals surface area contributed by atoms with Crippen LogP contribution in [0.1, 0.15) is 7.43 Å². The average Bonchev–Trinajstić information content (AvgIpc) is 0. The summed E-state index contributed by atoms with van der Waals surface area (Å²) in [4.78, 5) is 0. The van der Waals surface area contributed by atoms with E-state index in [1.165, 1.54) is 0 Å². The van der Waals surface area contributed by atoms with E-state index in [4.69, 9.17) is 0 Å². The van der Waals surface area contributed by atoms with Crippen LogP contribution in [-0.4, -0.2) is 0 Å². The SMILES string of the molecule is C.[Hf].[Mo].[W]. The maximum absolute atomic E-state index is 0. The molecule has 0 rings (SSSR count). The molecular weight excluding hydrogens is 470 g/mol. The van der Waals surface area contributed by atoms with Crippen molar-refractivity contribution in [2.45, 2.75) is 7.43 Å². The van der Waals surface area contributed by atoms with Gasteiger partial charge in [-0.2, -0.15) is 0 Å². The molecule has 0 saturated heterocycles. The van der Waals surface area contributed by atoms with E-state index in [2.05, 4.69) is 0 Å². The van der Waals surface area contributed by atoms with Crippen molar-refractivity contribution in [3.05, 3.63) is 0 Å². The Kier molecular flexibility index (Phi) is 160. The largest absolute Gasteiger partial charge is 0.0776 e. The minimum Gasteiger partial charge on any atom is -0.0776 e. The molecule has 24 valence electrons. The van der Waals surface area contributed by atoms with Crippen molar-refractivity contribution in [1.82, 2.24) is 0 Å². The molecule has 0 aliphatic heterocycles. The Hall–Kier alpha value is 2.25. The zero-order valence-corrected chi connectivity index (χ0v) is 9.85. The van der Waals surface area contributed by atoms with Crippen LogP contribution in [0.2, 0.25) is 0 Å². The predicted octanol–water partition coefficient (Wildman–Crippen LogP) is 0.629. The molecule has 0 aliphatic rings. The number of hydrogen-bond acceptors (Lipinski definition) is 0. The smallest absolute Gasteiger partial charge is 0 e. The molecule has 0 nitrogen and oxygen atoms in total. The molecule has 0 radical (unpaired) electrons. The Bertz CT molecular complexity index is 8.00. The fourth-order valence-electron chi connectivity index (χ4n) is 0. The molecule has 0 spiro atoms. The molecule has 0 fully saturated rings. The third-order valence-corrected chi connectivity index (χ3v) is 0. The van der Waals surface area contributed by atoms with Crippen LogP contribution < -0.4 is 0 Å². The first kappa shape index (κ1) is 34.1. The molecule has 0 N–H and O–H groups in total. The van der Waals surface area contributed by atoms with Crippen LogP contribution in [0.25, 0.3) is 0 Å². The zero-order chi connectivity index (χ0) is 0. The second-order valence-electron chi connectivity index (χ2n) is 0. The van der Waals surface area contributed by atoms with Crippen molar-refractivity contribution < 1.29 is 68.0 Å². The van der Waals surface area contributed by atoms with E-state index < -0.39 is 0 Å². The van der Waals surface area contributed by atoms with Crippen molar-refractivity contribution in [3.63, 3.8) is 0 Å². The summed E-state index contributed by atoms with van der Waals surface area (Å²) in [6, 6.07) is 0. The first-order valence-electron chi connectivity index (χ1n) is 0. The summed E-state index contributed by atoms with van der Waals surface area (Å²) in [5, 5.41) is 0. The van der Waals surface area contributed by atoms with E-state index in [1.807, 2.05) is 0 Å². The summed E-state index contributed by atoms with van der Waals surface area (Å²) >= 11 is 0. The summed E-state index contributed by atoms with van der Waals surface area (Å²) in [6.45, 7) is 0. The quantitative estimate of drug-likeness (QED) is 0.452. The summed E-state index contributed by atoms with van der Waals surface area (Å²) in [6.07, 6.45) is 0. The van der Waals surface area contributed by atoms with Crippen LogP contribution in [-0.2, 0) is 68.0 Å². The molecule has 0 aromatic heterocycles. The van der Waals surface area contributed by atoms with Gasteiger partial charge in [0, 0.05) is 68.0 Å². The maximum Gasteiger partial charge on any atom is 0 e.